The van der Waals surface area contributed by atoms with E-state index in [0.717, 1.165) is 0 Å². The van der Waals surface area contributed by atoms with E-state index >= 15 is 0 Å². The van der Waals surface area contributed by atoms with Crippen LogP contribution in [0.2, 0.25) is 0 Å². The Kier molecular flexibility index (Phi) is 3.91. The molecule has 0 radical (unpaired) electrons. The van der Waals surface area contributed by atoms with Gasteiger partial charge in [0.2, 0.25) is 0 Å². The molecule has 0 bridgehead atoms. The zero-order valence-electron chi connectivity index (χ0n) is 4.61. The largest absolute Gasteiger partial charge is 0.502 e. The summed E-state index contributed by atoms with van der Waals surface area (Å²) in [5.41, 5.74) is 0. The summed E-state index contributed by atoms with van der Waals surface area (Å²) < 4.78 is 24.1. The number of hydrogen-bond acceptors (Lipinski definition) is 3. The fourth-order valence-corrected chi connectivity index (χ4v) is 1.35. The maximum Gasteiger partial charge on any atom is 0.502 e. The van der Waals surface area contributed by atoms with Crippen LogP contribution < -0.4 is 0 Å². The van der Waals surface area contributed by atoms with Gasteiger partial charge in [-0.1, -0.05) is 10.4 Å². The van der Waals surface area contributed by atoms with Crippen molar-refractivity contribution in [2.45, 2.75) is 0 Å². The second kappa shape index (κ2) is 3.91. The van der Waals surface area contributed by atoms with Gasteiger partial charge < -0.3 is 4.89 Å². The second-order valence-electron chi connectivity index (χ2n) is 1.28. The first-order valence-electron chi connectivity index (χ1n) is 2.11. The number of rotatable bonds is 4. The standard InChI is InChI=1S/C3H6O4P2/c1-2-3-9(5,6)7-8-4/h2,8H,1,3H2/p+1. The Hall–Kier alpha value is -0.0100. The van der Waals surface area contributed by atoms with Crippen LogP contribution in [0.3, 0.4) is 0 Å². The van der Waals surface area contributed by atoms with Crippen molar-refractivity contribution in [1.82, 2.24) is 0 Å². The molecule has 0 aromatic carbocycles. The van der Waals surface area contributed by atoms with E-state index in [1.807, 2.05) is 0 Å². The molecule has 0 rings (SSSR count). The molecule has 6 heteroatoms. The third kappa shape index (κ3) is 4.49. The molecule has 52 valence electrons. The molecule has 0 aromatic rings. The van der Waals surface area contributed by atoms with Gasteiger partial charge in [0.15, 0.2) is 0 Å². The zero-order valence-corrected chi connectivity index (χ0v) is 6.51. The van der Waals surface area contributed by atoms with Crippen LogP contribution in [0.1, 0.15) is 0 Å². The molecule has 0 heterocycles. The van der Waals surface area contributed by atoms with Gasteiger partial charge >= 0.3 is 16.3 Å². The van der Waals surface area contributed by atoms with E-state index in [1.54, 1.807) is 0 Å². The molecule has 0 aromatic heterocycles. The highest BCUT2D eigenvalue weighted by molar-refractivity contribution is 7.57. The minimum atomic E-state index is -3.61. The van der Waals surface area contributed by atoms with E-state index in [0.29, 0.717) is 0 Å². The smallest absolute Gasteiger partial charge is 0.322 e. The highest BCUT2D eigenvalue weighted by atomic mass is 31.2. The summed E-state index contributed by atoms with van der Waals surface area (Å²) in [5.74, 6) is 0. The quantitative estimate of drug-likeness (QED) is 0.509. The first-order valence-corrected chi connectivity index (χ1v) is 4.69. The molecular weight excluding hydrogens is 162 g/mol. The molecule has 0 spiro atoms. The molecule has 2 atom stereocenters. The highest BCUT2D eigenvalue weighted by Gasteiger charge is 2.21. The minimum Gasteiger partial charge on any atom is -0.322 e. The van der Waals surface area contributed by atoms with Gasteiger partial charge in [0.05, 0.1) is 6.16 Å². The Balaban J connectivity index is 3.85. The molecule has 9 heavy (non-hydrogen) atoms. The topological polar surface area (TPSA) is 63.6 Å². The highest BCUT2D eigenvalue weighted by Crippen LogP contribution is 2.45. The Morgan fingerprint density at radius 1 is 1.89 bits per heavy atom. The fourth-order valence-electron chi connectivity index (χ4n) is 0.259. The third-order valence-corrected chi connectivity index (χ3v) is 2.70. The summed E-state index contributed by atoms with van der Waals surface area (Å²) in [5, 5.41) is 0. The van der Waals surface area contributed by atoms with Gasteiger partial charge in [-0.2, -0.15) is 0 Å². The van der Waals surface area contributed by atoms with E-state index in [9.17, 15) is 9.13 Å². The van der Waals surface area contributed by atoms with Crippen LogP contribution in [0.25, 0.3) is 0 Å². The normalized spacial score (nSPS) is 17.0. The van der Waals surface area contributed by atoms with Crippen LogP contribution in [0.15, 0.2) is 12.7 Å². The van der Waals surface area contributed by atoms with E-state index in [2.05, 4.69) is 10.9 Å². The summed E-state index contributed by atoms with van der Waals surface area (Å²) in [6.45, 7) is 3.22. The van der Waals surface area contributed by atoms with Crippen molar-refractivity contribution in [3.05, 3.63) is 12.7 Å². The number of allylic oxidation sites excluding steroid dienone is 1. The summed E-state index contributed by atoms with van der Waals surface area (Å²) in [6.07, 6.45) is 1.07. The molecule has 0 aliphatic heterocycles. The maximum atomic E-state index is 10.5. The molecule has 0 fully saturated rings. The van der Waals surface area contributed by atoms with Gasteiger partial charge in [0.25, 0.3) is 0 Å². The Morgan fingerprint density at radius 2 is 2.44 bits per heavy atom. The molecule has 0 aliphatic carbocycles. The van der Waals surface area contributed by atoms with Crippen LogP contribution in [0.4, 0.5) is 0 Å². The van der Waals surface area contributed by atoms with E-state index in [1.165, 1.54) is 6.08 Å². The minimum absolute atomic E-state index is 0.164. The van der Waals surface area contributed by atoms with Gasteiger partial charge in [-0.05, 0) is 4.57 Å². The van der Waals surface area contributed by atoms with Gasteiger partial charge in [-0.15, -0.1) is 6.58 Å². The van der Waals surface area contributed by atoms with Crippen LogP contribution >= 0.6 is 16.3 Å². The first kappa shape index (κ1) is 8.99. The lowest BCUT2D eigenvalue weighted by molar-refractivity contribution is 0.392. The monoisotopic (exact) mass is 169 g/mol. The van der Waals surface area contributed by atoms with Crippen LogP contribution in [-0.2, 0) is 13.4 Å². The van der Waals surface area contributed by atoms with Crippen molar-refractivity contribution in [2.75, 3.05) is 6.16 Å². The lowest BCUT2D eigenvalue weighted by Crippen LogP contribution is -1.81. The molecular formula is C3H7O4P2+. The van der Waals surface area contributed by atoms with Crippen molar-refractivity contribution >= 4 is 16.3 Å². The van der Waals surface area contributed by atoms with Gasteiger partial charge in [-0.25, -0.2) is 0 Å². The summed E-state index contributed by atoms with van der Waals surface area (Å²) >= 11 is 0. The van der Waals surface area contributed by atoms with Gasteiger partial charge in [0.1, 0.15) is 0 Å². The van der Waals surface area contributed by atoms with E-state index in [4.69, 9.17) is 4.89 Å². The molecule has 0 saturated carbocycles. The molecule has 0 amide bonds. The Bertz CT molecular complexity index is 140. The SMILES string of the molecule is C=CCP(=O)(O)O[PH+]=O. The Morgan fingerprint density at radius 3 is 2.78 bits per heavy atom. The predicted octanol–water partition coefficient (Wildman–Crippen LogP) is 1.31. The fraction of sp³-hybridized carbons (Fsp3) is 0.333. The lowest BCUT2D eigenvalue weighted by Gasteiger charge is -1.95. The van der Waals surface area contributed by atoms with Crippen LogP contribution in [0.5, 0.6) is 0 Å². The maximum absolute atomic E-state index is 10.5. The molecule has 2 unspecified atom stereocenters. The molecule has 1 N–H and O–H groups in total. The van der Waals surface area contributed by atoms with Crippen LogP contribution in [0, 0.1) is 0 Å². The summed E-state index contributed by atoms with van der Waals surface area (Å²) in [7, 11) is -4.80. The van der Waals surface area contributed by atoms with Crippen molar-refractivity contribution in [3.63, 3.8) is 0 Å². The van der Waals surface area contributed by atoms with Crippen molar-refractivity contribution in [1.29, 1.82) is 0 Å². The summed E-state index contributed by atoms with van der Waals surface area (Å²) in [4.78, 5) is 8.58. The average Bonchev–Trinajstić information content (AvgIpc) is 1.64. The van der Waals surface area contributed by atoms with Crippen molar-refractivity contribution in [2.24, 2.45) is 0 Å². The Labute approximate surface area is 54.4 Å². The number of hydrogen-bond donors (Lipinski definition) is 1. The second-order valence-corrected chi connectivity index (χ2v) is 3.82. The van der Waals surface area contributed by atoms with E-state index in [-0.39, 0.29) is 6.16 Å². The molecule has 0 saturated heterocycles. The third-order valence-electron chi connectivity index (χ3n) is 0.540. The predicted molar refractivity (Wildman–Crippen MR) is 35.0 cm³/mol. The van der Waals surface area contributed by atoms with Gasteiger partial charge in [-0.3, -0.25) is 4.57 Å². The van der Waals surface area contributed by atoms with Crippen molar-refractivity contribution in [3.8, 4) is 0 Å². The average molecular weight is 169 g/mol. The summed E-state index contributed by atoms with van der Waals surface area (Å²) in [6, 6.07) is 0. The van der Waals surface area contributed by atoms with Crippen LogP contribution in [-0.4, -0.2) is 11.1 Å². The molecule has 0 aliphatic rings. The van der Waals surface area contributed by atoms with E-state index < -0.39 is 16.3 Å². The lowest BCUT2D eigenvalue weighted by atomic mass is 10.8. The zero-order chi connectivity index (χ0) is 7.33. The van der Waals surface area contributed by atoms with Crippen molar-refractivity contribution < 1.29 is 18.3 Å². The van der Waals surface area contributed by atoms with Gasteiger partial charge in [0, 0.05) is 0 Å². The first-order chi connectivity index (χ1) is 4.12. The molecule has 4 nitrogen and oxygen atoms in total.